The molecule has 1 aromatic carbocycles. The van der Waals surface area contributed by atoms with Gasteiger partial charge in [0.2, 0.25) is 0 Å². The number of anilines is 1. The fourth-order valence-corrected chi connectivity index (χ4v) is 2.16. The number of hydrogen-bond acceptors (Lipinski definition) is 2. The molecule has 0 spiro atoms. The number of fused-ring (bicyclic) bond motifs is 1. The molecular weight excluding hydrogens is 242 g/mol. The highest BCUT2D eigenvalue weighted by Crippen LogP contribution is 2.25. The van der Waals surface area contributed by atoms with E-state index in [1.807, 2.05) is 49.0 Å². The Morgan fingerprint density at radius 2 is 2.16 bits per heavy atom. The van der Waals surface area contributed by atoms with Gasteiger partial charge in [-0.25, -0.2) is 4.79 Å². The van der Waals surface area contributed by atoms with Crippen molar-refractivity contribution in [2.75, 3.05) is 25.0 Å². The minimum Gasteiger partial charge on any atom is -0.395 e. The molecule has 0 atom stereocenters. The molecule has 0 saturated carbocycles. The monoisotopic (exact) mass is 261 g/mol. The van der Waals surface area contributed by atoms with Crippen LogP contribution in [0.4, 0.5) is 10.5 Å². The molecule has 0 fully saturated rings. The Balaban J connectivity index is 2.24. The summed E-state index contributed by atoms with van der Waals surface area (Å²) in [5.41, 5.74) is 1.86. The Labute approximate surface area is 112 Å². The third-order valence-corrected chi connectivity index (χ3v) is 3.18. The van der Waals surface area contributed by atoms with Gasteiger partial charge in [-0.2, -0.15) is 0 Å². The number of amides is 2. The van der Waals surface area contributed by atoms with Crippen molar-refractivity contribution in [3.05, 3.63) is 30.5 Å². The number of likely N-dealkylation sites (N-methyl/N-ethyl adjacent to an activating group) is 1. The molecule has 1 aromatic heterocycles. The molecule has 0 aliphatic rings. The fraction of sp³-hybridized carbons (Fsp3) is 0.357. The number of carbonyl (C=O) groups excluding carboxylic acids is 1. The molecule has 1 heterocycles. The van der Waals surface area contributed by atoms with Gasteiger partial charge in [-0.05, 0) is 13.0 Å². The van der Waals surface area contributed by atoms with Crippen LogP contribution >= 0.6 is 0 Å². The van der Waals surface area contributed by atoms with Gasteiger partial charge >= 0.3 is 6.03 Å². The summed E-state index contributed by atoms with van der Waals surface area (Å²) in [5, 5.41) is 12.8. The summed E-state index contributed by atoms with van der Waals surface area (Å²) in [6, 6.07) is 7.72. The predicted molar refractivity (Wildman–Crippen MR) is 76.3 cm³/mol. The maximum atomic E-state index is 12.1. The number of nitrogens with zero attached hydrogens (tertiary/aromatic N) is 2. The van der Waals surface area contributed by atoms with Crippen LogP contribution in [0.5, 0.6) is 0 Å². The molecule has 2 amide bonds. The van der Waals surface area contributed by atoms with Crippen LogP contribution in [0.1, 0.15) is 6.92 Å². The van der Waals surface area contributed by atoms with Crippen LogP contribution in [-0.4, -0.2) is 40.3 Å². The second-order valence-corrected chi connectivity index (χ2v) is 4.40. The standard InChI is InChI=1S/C14H19N3O2/c1-3-17(8-9-18)14(19)15-12-10-16(2)13-7-5-4-6-11(12)13/h4-7,10,18H,3,8-9H2,1-2H3,(H,15,19). The lowest BCUT2D eigenvalue weighted by atomic mass is 10.2. The van der Waals surface area contributed by atoms with Gasteiger partial charge in [0.15, 0.2) is 0 Å². The number of para-hydroxylation sites is 1. The second kappa shape index (κ2) is 5.75. The average molecular weight is 261 g/mol. The van der Waals surface area contributed by atoms with E-state index in [0.29, 0.717) is 13.1 Å². The molecule has 0 bridgehead atoms. The minimum atomic E-state index is -0.187. The van der Waals surface area contributed by atoms with E-state index in [-0.39, 0.29) is 12.6 Å². The molecule has 0 aliphatic heterocycles. The lowest BCUT2D eigenvalue weighted by Crippen LogP contribution is -2.36. The van der Waals surface area contributed by atoms with Crippen LogP contribution in [0, 0.1) is 0 Å². The average Bonchev–Trinajstić information content (AvgIpc) is 2.73. The molecule has 0 aliphatic carbocycles. The Morgan fingerprint density at radius 3 is 2.84 bits per heavy atom. The summed E-state index contributed by atoms with van der Waals surface area (Å²) < 4.78 is 1.98. The molecule has 5 nitrogen and oxygen atoms in total. The van der Waals surface area contributed by atoms with Crippen LogP contribution in [0.2, 0.25) is 0 Å². The van der Waals surface area contributed by atoms with Crippen LogP contribution in [0.3, 0.4) is 0 Å². The van der Waals surface area contributed by atoms with Crippen molar-refractivity contribution in [2.45, 2.75) is 6.92 Å². The Bertz CT molecular complexity index is 577. The quantitative estimate of drug-likeness (QED) is 0.884. The Morgan fingerprint density at radius 1 is 1.42 bits per heavy atom. The third-order valence-electron chi connectivity index (χ3n) is 3.18. The molecule has 102 valence electrons. The summed E-state index contributed by atoms with van der Waals surface area (Å²) in [6.07, 6.45) is 1.90. The van der Waals surface area contributed by atoms with Crippen LogP contribution in [0.25, 0.3) is 10.9 Å². The van der Waals surface area contributed by atoms with Crippen molar-refractivity contribution >= 4 is 22.6 Å². The first-order chi connectivity index (χ1) is 9.17. The minimum absolute atomic E-state index is 0.0310. The van der Waals surface area contributed by atoms with Crippen LogP contribution in [-0.2, 0) is 7.05 Å². The van der Waals surface area contributed by atoms with Crippen molar-refractivity contribution in [3.8, 4) is 0 Å². The molecule has 19 heavy (non-hydrogen) atoms. The number of hydrogen-bond donors (Lipinski definition) is 2. The summed E-state index contributed by atoms with van der Waals surface area (Å²) in [7, 11) is 1.95. The first-order valence-corrected chi connectivity index (χ1v) is 6.38. The summed E-state index contributed by atoms with van der Waals surface area (Å²) in [5.74, 6) is 0. The van der Waals surface area contributed by atoms with Crippen LogP contribution < -0.4 is 5.32 Å². The number of rotatable bonds is 4. The van der Waals surface area contributed by atoms with Crippen molar-refractivity contribution in [3.63, 3.8) is 0 Å². The van der Waals surface area contributed by atoms with Gasteiger partial charge in [-0.3, -0.25) is 0 Å². The fourth-order valence-electron chi connectivity index (χ4n) is 2.16. The van der Waals surface area contributed by atoms with E-state index in [9.17, 15) is 4.79 Å². The maximum Gasteiger partial charge on any atom is 0.321 e. The van der Waals surface area contributed by atoms with Crippen molar-refractivity contribution in [1.29, 1.82) is 0 Å². The third kappa shape index (κ3) is 2.71. The molecule has 5 heteroatoms. The van der Waals surface area contributed by atoms with E-state index < -0.39 is 0 Å². The Hall–Kier alpha value is -2.01. The van der Waals surface area contributed by atoms with Gasteiger partial charge in [-0.15, -0.1) is 0 Å². The highest BCUT2D eigenvalue weighted by Gasteiger charge is 2.13. The molecular formula is C14H19N3O2. The summed E-state index contributed by atoms with van der Waals surface area (Å²) >= 11 is 0. The number of aliphatic hydroxyl groups excluding tert-OH is 1. The smallest absolute Gasteiger partial charge is 0.321 e. The number of benzene rings is 1. The van der Waals surface area contributed by atoms with Gasteiger partial charge in [0.25, 0.3) is 0 Å². The number of aliphatic hydroxyl groups is 1. The van der Waals surface area contributed by atoms with Gasteiger partial charge in [0, 0.05) is 37.2 Å². The number of aromatic nitrogens is 1. The largest absolute Gasteiger partial charge is 0.395 e. The molecule has 0 radical (unpaired) electrons. The van der Waals surface area contributed by atoms with E-state index in [4.69, 9.17) is 5.11 Å². The zero-order valence-corrected chi connectivity index (χ0v) is 11.3. The normalized spacial score (nSPS) is 10.7. The SMILES string of the molecule is CCN(CCO)C(=O)Nc1cn(C)c2ccccc12. The van der Waals surface area contributed by atoms with Crippen molar-refractivity contribution in [1.82, 2.24) is 9.47 Å². The summed E-state index contributed by atoms with van der Waals surface area (Å²) in [4.78, 5) is 13.7. The highest BCUT2D eigenvalue weighted by atomic mass is 16.3. The van der Waals surface area contributed by atoms with E-state index in [1.165, 1.54) is 0 Å². The number of urea groups is 1. The zero-order valence-electron chi connectivity index (χ0n) is 11.3. The van der Waals surface area contributed by atoms with Gasteiger partial charge in [0.1, 0.15) is 0 Å². The van der Waals surface area contributed by atoms with E-state index >= 15 is 0 Å². The molecule has 2 N–H and O–H groups in total. The highest BCUT2D eigenvalue weighted by molar-refractivity contribution is 6.01. The van der Waals surface area contributed by atoms with Gasteiger partial charge in [0.05, 0.1) is 12.3 Å². The summed E-state index contributed by atoms with van der Waals surface area (Å²) in [6.45, 7) is 2.76. The topological polar surface area (TPSA) is 57.5 Å². The lowest BCUT2D eigenvalue weighted by molar-refractivity contribution is 0.192. The van der Waals surface area contributed by atoms with Crippen molar-refractivity contribution in [2.24, 2.45) is 7.05 Å². The van der Waals surface area contributed by atoms with Crippen LogP contribution in [0.15, 0.2) is 30.5 Å². The predicted octanol–water partition coefficient (Wildman–Crippen LogP) is 2.02. The second-order valence-electron chi connectivity index (χ2n) is 4.40. The zero-order chi connectivity index (χ0) is 13.8. The number of aryl methyl sites for hydroxylation is 1. The van der Waals surface area contributed by atoms with Crippen molar-refractivity contribution < 1.29 is 9.90 Å². The van der Waals surface area contributed by atoms with Gasteiger partial charge < -0.3 is 19.9 Å². The molecule has 2 aromatic rings. The Kier molecular flexibility index (Phi) is 4.06. The van der Waals surface area contributed by atoms with Gasteiger partial charge in [-0.1, -0.05) is 18.2 Å². The first kappa shape index (κ1) is 13.4. The first-order valence-electron chi connectivity index (χ1n) is 6.38. The lowest BCUT2D eigenvalue weighted by Gasteiger charge is -2.19. The molecule has 0 unspecified atom stereocenters. The molecule has 2 rings (SSSR count). The maximum absolute atomic E-state index is 12.1. The van der Waals surface area contributed by atoms with E-state index in [1.54, 1.807) is 4.90 Å². The van der Waals surface area contributed by atoms with E-state index in [0.717, 1.165) is 16.6 Å². The number of nitrogens with one attached hydrogen (secondary N) is 1. The van der Waals surface area contributed by atoms with E-state index in [2.05, 4.69) is 5.32 Å². The number of carbonyl (C=O) groups is 1. The molecule has 0 saturated heterocycles.